The molecule has 0 spiro atoms. The van der Waals surface area contributed by atoms with Crippen molar-refractivity contribution in [1.29, 1.82) is 0 Å². The molecular formula is C23H27N3O5S. The van der Waals surface area contributed by atoms with Crippen LogP contribution in [0.15, 0.2) is 53.4 Å². The van der Waals surface area contributed by atoms with Crippen LogP contribution in [0.3, 0.4) is 0 Å². The van der Waals surface area contributed by atoms with Crippen molar-refractivity contribution in [2.75, 3.05) is 32.7 Å². The zero-order valence-electron chi connectivity index (χ0n) is 17.8. The van der Waals surface area contributed by atoms with Gasteiger partial charge in [-0.2, -0.15) is 4.31 Å². The third kappa shape index (κ3) is 5.35. The maximum Gasteiger partial charge on any atom is 0.414 e. The highest BCUT2D eigenvalue weighted by Crippen LogP contribution is 2.26. The van der Waals surface area contributed by atoms with Crippen LogP contribution >= 0.6 is 0 Å². The Kier molecular flexibility index (Phi) is 6.88. The van der Waals surface area contributed by atoms with Crippen LogP contribution < -0.4 is 5.32 Å². The van der Waals surface area contributed by atoms with Crippen LogP contribution in [0, 0.1) is 0 Å². The van der Waals surface area contributed by atoms with E-state index >= 15 is 0 Å². The molecule has 32 heavy (non-hydrogen) atoms. The van der Waals surface area contributed by atoms with E-state index in [2.05, 4.69) is 5.32 Å². The minimum Gasteiger partial charge on any atom is -0.444 e. The molecule has 0 unspecified atom stereocenters. The van der Waals surface area contributed by atoms with Crippen LogP contribution in [0.1, 0.15) is 23.1 Å². The zero-order chi connectivity index (χ0) is 22.6. The van der Waals surface area contributed by atoms with E-state index < -0.39 is 22.0 Å². The predicted octanol–water partition coefficient (Wildman–Crippen LogP) is 1.93. The molecule has 4 rings (SSSR count). The van der Waals surface area contributed by atoms with Crippen LogP contribution in [-0.2, 0) is 39.0 Å². The van der Waals surface area contributed by atoms with Crippen molar-refractivity contribution in [1.82, 2.24) is 14.5 Å². The van der Waals surface area contributed by atoms with E-state index in [-0.39, 0.29) is 13.2 Å². The van der Waals surface area contributed by atoms with Gasteiger partial charge in [-0.25, -0.2) is 13.2 Å². The fourth-order valence-electron chi connectivity index (χ4n) is 4.10. The monoisotopic (exact) mass is 457 g/mol. The average Bonchev–Trinajstić information content (AvgIpc) is 3.27. The molecule has 0 aromatic heterocycles. The summed E-state index contributed by atoms with van der Waals surface area (Å²) in [5.74, 6) is -0.474. The van der Waals surface area contributed by atoms with E-state index in [1.165, 1.54) is 9.87 Å². The van der Waals surface area contributed by atoms with Gasteiger partial charge in [-0.05, 0) is 48.1 Å². The van der Waals surface area contributed by atoms with Crippen molar-refractivity contribution < 1.29 is 22.7 Å². The third-order valence-electron chi connectivity index (χ3n) is 5.86. The van der Waals surface area contributed by atoms with Crippen molar-refractivity contribution in [2.24, 2.45) is 0 Å². The highest BCUT2D eigenvalue weighted by atomic mass is 32.2. The number of piperazine rings is 1. The van der Waals surface area contributed by atoms with Gasteiger partial charge in [-0.3, -0.25) is 15.0 Å². The Balaban J connectivity index is 1.23. The number of aryl methyl sites for hydroxylation is 2. The number of carbonyl (C=O) groups excluding carboxylic acids is 2. The summed E-state index contributed by atoms with van der Waals surface area (Å²) in [5.41, 5.74) is 3.19. The van der Waals surface area contributed by atoms with Crippen molar-refractivity contribution in [3.8, 4) is 0 Å². The molecule has 1 heterocycles. The lowest BCUT2D eigenvalue weighted by Crippen LogP contribution is -2.51. The molecule has 0 radical (unpaired) electrons. The maximum atomic E-state index is 13.0. The molecule has 0 bridgehead atoms. The second-order valence-corrected chi connectivity index (χ2v) is 10.0. The summed E-state index contributed by atoms with van der Waals surface area (Å²) in [4.78, 5) is 26.2. The molecule has 0 atom stereocenters. The Labute approximate surface area is 188 Å². The first-order valence-corrected chi connectivity index (χ1v) is 12.2. The largest absolute Gasteiger partial charge is 0.444 e. The number of hydrogen-bond acceptors (Lipinski definition) is 6. The SMILES string of the molecule is O=C(CN1CCN(S(=O)(=O)c2ccc3c(c2)CCC3)CC1)NC(=O)OCc1ccccc1. The molecule has 2 aromatic rings. The summed E-state index contributed by atoms with van der Waals surface area (Å²) >= 11 is 0. The maximum absolute atomic E-state index is 13.0. The molecule has 1 aliphatic carbocycles. The van der Waals surface area contributed by atoms with Gasteiger partial charge in [0.15, 0.2) is 0 Å². The summed E-state index contributed by atoms with van der Waals surface area (Å²) in [6.07, 6.45) is 2.21. The van der Waals surface area contributed by atoms with Crippen LogP contribution in [0.25, 0.3) is 0 Å². The Morgan fingerprint density at radius 3 is 2.41 bits per heavy atom. The number of alkyl carbamates (subject to hydrolysis) is 1. The quantitative estimate of drug-likeness (QED) is 0.712. The number of hydrogen-bond donors (Lipinski definition) is 1. The lowest BCUT2D eigenvalue weighted by Gasteiger charge is -2.33. The van der Waals surface area contributed by atoms with E-state index in [1.54, 1.807) is 12.1 Å². The van der Waals surface area contributed by atoms with Gasteiger partial charge in [0.25, 0.3) is 0 Å². The minimum absolute atomic E-state index is 0.00711. The Morgan fingerprint density at radius 1 is 0.938 bits per heavy atom. The molecule has 0 saturated carbocycles. The fourth-order valence-corrected chi connectivity index (χ4v) is 5.57. The number of nitrogens with one attached hydrogen (secondary N) is 1. The van der Waals surface area contributed by atoms with E-state index in [9.17, 15) is 18.0 Å². The zero-order valence-corrected chi connectivity index (χ0v) is 18.6. The Morgan fingerprint density at radius 2 is 1.66 bits per heavy atom. The summed E-state index contributed by atoms with van der Waals surface area (Å²) in [6.45, 7) is 1.51. The van der Waals surface area contributed by atoms with Gasteiger partial charge in [0.1, 0.15) is 6.61 Å². The topological polar surface area (TPSA) is 96.0 Å². The van der Waals surface area contributed by atoms with Gasteiger partial charge in [0, 0.05) is 26.2 Å². The molecule has 9 heteroatoms. The molecule has 1 aliphatic heterocycles. The van der Waals surface area contributed by atoms with Crippen molar-refractivity contribution >= 4 is 22.0 Å². The van der Waals surface area contributed by atoms with Crippen LogP contribution in [0.4, 0.5) is 4.79 Å². The molecule has 8 nitrogen and oxygen atoms in total. The molecule has 2 aliphatic rings. The summed E-state index contributed by atoms with van der Waals surface area (Å²) in [5, 5.41) is 2.22. The van der Waals surface area contributed by atoms with E-state index in [1.807, 2.05) is 41.3 Å². The molecule has 1 saturated heterocycles. The Hall–Kier alpha value is -2.75. The number of benzene rings is 2. The summed E-state index contributed by atoms with van der Waals surface area (Å²) < 4.78 is 32.6. The molecule has 2 aromatic carbocycles. The van der Waals surface area contributed by atoms with Gasteiger partial charge >= 0.3 is 6.09 Å². The smallest absolute Gasteiger partial charge is 0.414 e. The van der Waals surface area contributed by atoms with Crippen LogP contribution in [0.2, 0.25) is 0 Å². The van der Waals surface area contributed by atoms with Gasteiger partial charge < -0.3 is 4.74 Å². The second-order valence-electron chi connectivity index (χ2n) is 8.07. The number of carbonyl (C=O) groups is 2. The van der Waals surface area contributed by atoms with Gasteiger partial charge in [-0.1, -0.05) is 36.4 Å². The van der Waals surface area contributed by atoms with Crippen molar-refractivity contribution in [3.63, 3.8) is 0 Å². The van der Waals surface area contributed by atoms with Crippen molar-refractivity contribution in [3.05, 3.63) is 65.2 Å². The highest BCUT2D eigenvalue weighted by molar-refractivity contribution is 7.89. The average molecular weight is 458 g/mol. The Bertz CT molecular complexity index is 1080. The second kappa shape index (κ2) is 9.81. The van der Waals surface area contributed by atoms with Gasteiger partial charge in [-0.15, -0.1) is 0 Å². The molecular weight excluding hydrogens is 430 g/mol. The highest BCUT2D eigenvalue weighted by Gasteiger charge is 2.30. The number of nitrogens with zero attached hydrogens (tertiary/aromatic N) is 2. The summed E-state index contributed by atoms with van der Waals surface area (Å²) in [7, 11) is -3.56. The molecule has 1 fully saturated rings. The third-order valence-corrected chi connectivity index (χ3v) is 7.76. The number of rotatable bonds is 6. The lowest BCUT2D eigenvalue weighted by atomic mass is 10.1. The normalized spacial score (nSPS) is 17.0. The lowest BCUT2D eigenvalue weighted by molar-refractivity contribution is -0.121. The van der Waals surface area contributed by atoms with E-state index in [4.69, 9.17) is 4.74 Å². The fraction of sp³-hybridized carbons (Fsp3) is 0.391. The van der Waals surface area contributed by atoms with Gasteiger partial charge in [0.2, 0.25) is 15.9 Å². The van der Waals surface area contributed by atoms with Crippen LogP contribution in [-0.4, -0.2) is 62.3 Å². The molecule has 2 amide bonds. The number of ether oxygens (including phenoxy) is 1. The minimum atomic E-state index is -3.56. The summed E-state index contributed by atoms with van der Waals surface area (Å²) in [6, 6.07) is 14.6. The van der Waals surface area contributed by atoms with Crippen molar-refractivity contribution in [2.45, 2.75) is 30.8 Å². The number of imide groups is 1. The van der Waals surface area contributed by atoms with E-state index in [0.717, 1.165) is 30.4 Å². The molecule has 170 valence electrons. The number of sulfonamides is 1. The first kappa shape index (κ1) is 22.4. The van der Waals surface area contributed by atoms with Crippen LogP contribution in [0.5, 0.6) is 0 Å². The predicted molar refractivity (Wildman–Crippen MR) is 118 cm³/mol. The van der Waals surface area contributed by atoms with Gasteiger partial charge in [0.05, 0.1) is 11.4 Å². The number of fused-ring (bicyclic) bond motifs is 1. The number of amides is 2. The standard InChI is InChI=1S/C23H27N3O5S/c27-22(24-23(28)31-17-18-5-2-1-3-6-18)16-25-11-13-26(14-12-25)32(29,30)21-10-9-19-7-4-8-20(19)15-21/h1-3,5-6,9-10,15H,4,7-8,11-14,16-17H2,(H,24,27,28). The van der Waals surface area contributed by atoms with E-state index in [0.29, 0.717) is 31.1 Å². The first-order chi connectivity index (χ1) is 15.4. The first-order valence-electron chi connectivity index (χ1n) is 10.8. The molecule has 1 N–H and O–H groups in total.